The first-order chi connectivity index (χ1) is 26.3. The van der Waals surface area contributed by atoms with Gasteiger partial charge >= 0.3 is 0 Å². The van der Waals surface area contributed by atoms with E-state index in [0.717, 1.165) is 33.3 Å². The van der Waals surface area contributed by atoms with Crippen LogP contribution in [0.2, 0.25) is 0 Å². The molecule has 0 aliphatic heterocycles. The van der Waals surface area contributed by atoms with Crippen LogP contribution in [-0.4, -0.2) is 30.5 Å². The van der Waals surface area contributed by atoms with Gasteiger partial charge in [-0.05, 0) is 72.6 Å². The van der Waals surface area contributed by atoms with Crippen molar-refractivity contribution in [1.29, 1.82) is 0 Å². The van der Waals surface area contributed by atoms with Crippen LogP contribution in [0.4, 0.5) is 0 Å². The number of pyridine rings is 2. The van der Waals surface area contributed by atoms with Gasteiger partial charge in [-0.3, -0.25) is 9.97 Å². The quantitative estimate of drug-likeness (QED) is 0.152. The molecule has 0 bridgehead atoms. The SMILES string of the molecule is CC(C)(C)C1(C(OC(c2ccccc2)(c2ccc(C3CC3)nc2[SiH3])C2(C(C)(C)C)C=CC=CC2)(c2ccccc2)c2ccc(C3CC3)nc2[SiH3])C=CC=CC1. The third-order valence-electron chi connectivity index (χ3n) is 13.7. The molecule has 8 rings (SSSR count). The lowest BCUT2D eigenvalue weighted by atomic mass is 9.49. The van der Waals surface area contributed by atoms with Gasteiger partial charge in [0.05, 0.1) is 20.5 Å². The predicted octanol–water partition coefficient (Wildman–Crippen LogP) is 8.51. The van der Waals surface area contributed by atoms with E-state index in [1.54, 1.807) is 0 Å². The Kier molecular flexibility index (Phi) is 9.62. The molecule has 0 spiro atoms. The Hall–Kier alpha value is -3.91. The van der Waals surface area contributed by atoms with Crippen molar-refractivity contribution in [2.45, 2.75) is 103 Å². The van der Waals surface area contributed by atoms with Crippen LogP contribution in [0.25, 0.3) is 0 Å². The van der Waals surface area contributed by atoms with E-state index in [1.165, 1.54) is 70.0 Å². The molecule has 0 saturated heterocycles. The molecule has 4 aliphatic rings. The zero-order valence-corrected chi connectivity index (χ0v) is 38.4. The second-order valence-electron chi connectivity index (χ2n) is 18.9. The molecular formula is C50H60N2OSi2. The number of benzene rings is 2. The summed E-state index contributed by atoms with van der Waals surface area (Å²) in [6.45, 7) is 14.5. The molecule has 4 aromatic rings. The molecular weight excluding hydrogens is 701 g/mol. The summed E-state index contributed by atoms with van der Waals surface area (Å²) in [5, 5.41) is 2.36. The normalized spacial score (nSPS) is 24.8. The van der Waals surface area contributed by atoms with Crippen molar-refractivity contribution in [2.24, 2.45) is 21.7 Å². The number of aromatic nitrogens is 2. The van der Waals surface area contributed by atoms with E-state index in [-0.39, 0.29) is 10.8 Å². The third-order valence-corrected chi connectivity index (χ3v) is 15.2. The molecule has 0 radical (unpaired) electrons. The minimum Gasteiger partial charge on any atom is -0.348 e. The van der Waals surface area contributed by atoms with Gasteiger partial charge in [-0.1, -0.05) is 163 Å². The minimum absolute atomic E-state index is 0.245. The molecule has 5 heteroatoms. The van der Waals surface area contributed by atoms with Crippen LogP contribution in [0.5, 0.6) is 0 Å². The first kappa shape index (κ1) is 38.0. The van der Waals surface area contributed by atoms with Gasteiger partial charge in [0.2, 0.25) is 0 Å². The fraction of sp³-hybridized carbons (Fsp3) is 0.400. The average Bonchev–Trinajstić information content (AvgIpc) is 4.11. The molecule has 2 saturated carbocycles. The standard InChI is InChI=1S/C50H60N2OSi2/c1-45(2,3)47(31-15-9-16-32-47)49(37-19-11-7-12-20-37,39-27-29-41(35-23-24-35)51-43(39)54)53-50(38-21-13-8-14-22-38,48(46(4,5)6)33-17-10-18-34-48)40-28-30-42(36-25-26-36)52-44(40)55/h7-22,27-31,33,35-36H,23-26,32,34H2,1-6,54-55H3. The molecule has 55 heavy (non-hydrogen) atoms. The lowest BCUT2D eigenvalue weighted by Crippen LogP contribution is -2.65. The third kappa shape index (κ3) is 6.08. The van der Waals surface area contributed by atoms with Crippen LogP contribution in [0.3, 0.4) is 0 Å². The monoisotopic (exact) mass is 760 g/mol. The molecule has 4 atom stereocenters. The van der Waals surface area contributed by atoms with E-state index < -0.39 is 22.0 Å². The van der Waals surface area contributed by atoms with Crippen molar-refractivity contribution in [3.05, 3.63) is 167 Å². The lowest BCUT2D eigenvalue weighted by Gasteiger charge is -2.64. The molecule has 2 fully saturated rings. The van der Waals surface area contributed by atoms with Crippen molar-refractivity contribution in [3.63, 3.8) is 0 Å². The summed E-state index contributed by atoms with van der Waals surface area (Å²) in [6, 6.07) is 32.0. The van der Waals surface area contributed by atoms with E-state index in [0.29, 0.717) is 11.8 Å². The van der Waals surface area contributed by atoms with E-state index >= 15 is 0 Å². The number of ether oxygens (including phenoxy) is 1. The smallest absolute Gasteiger partial charge is 0.131 e. The molecule has 4 unspecified atom stereocenters. The maximum absolute atomic E-state index is 9.10. The van der Waals surface area contributed by atoms with Crippen LogP contribution >= 0.6 is 0 Å². The molecule has 2 heterocycles. The lowest BCUT2D eigenvalue weighted by molar-refractivity contribution is -0.246. The zero-order chi connectivity index (χ0) is 38.7. The molecule has 284 valence electrons. The fourth-order valence-corrected chi connectivity index (χ4v) is 11.9. The molecule has 2 aromatic carbocycles. The van der Waals surface area contributed by atoms with E-state index in [4.69, 9.17) is 14.7 Å². The van der Waals surface area contributed by atoms with Crippen molar-refractivity contribution in [1.82, 2.24) is 9.97 Å². The Balaban J connectivity index is 1.58. The van der Waals surface area contributed by atoms with Crippen molar-refractivity contribution >= 4 is 31.1 Å². The molecule has 0 N–H and O–H groups in total. The summed E-state index contributed by atoms with van der Waals surface area (Å²) in [6.07, 6.45) is 25.3. The first-order valence-electron chi connectivity index (χ1n) is 20.8. The van der Waals surface area contributed by atoms with E-state index in [2.05, 4.69) is 175 Å². The van der Waals surface area contributed by atoms with Crippen LogP contribution < -0.4 is 10.6 Å². The Morgan fingerprint density at radius 2 is 0.909 bits per heavy atom. The Labute approximate surface area is 336 Å². The van der Waals surface area contributed by atoms with Crippen LogP contribution in [-0.2, 0) is 15.9 Å². The van der Waals surface area contributed by atoms with Gasteiger partial charge in [0.1, 0.15) is 11.2 Å². The predicted molar refractivity (Wildman–Crippen MR) is 237 cm³/mol. The average molecular weight is 761 g/mol. The highest BCUT2D eigenvalue weighted by atomic mass is 28.1. The summed E-state index contributed by atoms with van der Waals surface area (Å²) < 4.78 is 9.10. The number of hydrogen-bond acceptors (Lipinski definition) is 3. The number of nitrogens with zero attached hydrogens (tertiary/aromatic N) is 2. The maximum atomic E-state index is 9.10. The Morgan fingerprint density at radius 1 is 0.527 bits per heavy atom. The van der Waals surface area contributed by atoms with Gasteiger partial charge in [0.15, 0.2) is 0 Å². The Bertz CT molecular complexity index is 2010. The topological polar surface area (TPSA) is 35.0 Å². The highest BCUT2D eigenvalue weighted by molar-refractivity contribution is 6.32. The number of hydrogen-bond donors (Lipinski definition) is 0. The van der Waals surface area contributed by atoms with E-state index in [9.17, 15) is 0 Å². The maximum Gasteiger partial charge on any atom is 0.131 e. The van der Waals surface area contributed by atoms with Crippen LogP contribution in [0.1, 0.15) is 126 Å². The van der Waals surface area contributed by atoms with Gasteiger partial charge < -0.3 is 4.74 Å². The van der Waals surface area contributed by atoms with Crippen molar-refractivity contribution in [2.75, 3.05) is 0 Å². The molecule has 2 aromatic heterocycles. The summed E-state index contributed by atoms with van der Waals surface area (Å²) in [4.78, 5) is 11.1. The summed E-state index contributed by atoms with van der Waals surface area (Å²) in [5.74, 6) is 1.14. The summed E-state index contributed by atoms with van der Waals surface area (Å²) in [5.41, 5.74) is 3.72. The Morgan fingerprint density at radius 3 is 1.20 bits per heavy atom. The van der Waals surface area contributed by atoms with Gasteiger partial charge in [0, 0.05) is 55.8 Å². The van der Waals surface area contributed by atoms with Gasteiger partial charge in [-0.25, -0.2) is 0 Å². The van der Waals surface area contributed by atoms with Crippen LogP contribution in [0, 0.1) is 21.7 Å². The first-order valence-corrected chi connectivity index (χ1v) is 22.8. The second-order valence-corrected chi connectivity index (χ2v) is 20.8. The highest BCUT2D eigenvalue weighted by Crippen LogP contribution is 2.68. The number of rotatable bonds is 10. The molecule has 0 amide bonds. The number of allylic oxidation sites excluding steroid dienone is 6. The highest BCUT2D eigenvalue weighted by Gasteiger charge is 2.68. The van der Waals surface area contributed by atoms with Gasteiger partial charge in [-0.15, -0.1) is 0 Å². The van der Waals surface area contributed by atoms with Crippen molar-refractivity contribution < 1.29 is 4.74 Å². The molecule has 4 aliphatic carbocycles. The molecule has 3 nitrogen and oxygen atoms in total. The zero-order valence-electron chi connectivity index (χ0n) is 34.4. The van der Waals surface area contributed by atoms with Crippen molar-refractivity contribution in [3.8, 4) is 0 Å². The summed E-state index contributed by atoms with van der Waals surface area (Å²) in [7, 11) is 1.58. The van der Waals surface area contributed by atoms with E-state index in [1.807, 2.05) is 0 Å². The van der Waals surface area contributed by atoms with Gasteiger partial charge in [-0.2, -0.15) is 0 Å². The summed E-state index contributed by atoms with van der Waals surface area (Å²) >= 11 is 0. The largest absolute Gasteiger partial charge is 0.348 e. The van der Waals surface area contributed by atoms with Gasteiger partial charge in [0.25, 0.3) is 0 Å². The minimum atomic E-state index is -0.980. The second kappa shape index (κ2) is 13.9. The fourth-order valence-electron chi connectivity index (χ4n) is 10.3. The van der Waals surface area contributed by atoms with Crippen LogP contribution in [0.15, 0.2) is 134 Å².